The van der Waals surface area contributed by atoms with E-state index in [2.05, 4.69) is 0 Å². The van der Waals surface area contributed by atoms with Gasteiger partial charge in [0.05, 0.1) is 5.60 Å². The van der Waals surface area contributed by atoms with Crippen LogP contribution in [0.3, 0.4) is 0 Å². The highest BCUT2D eigenvalue weighted by molar-refractivity contribution is 5.76. The third kappa shape index (κ3) is 8.60. The highest BCUT2D eigenvalue weighted by Crippen LogP contribution is 2.19. The van der Waals surface area contributed by atoms with Crippen LogP contribution in [0.25, 0.3) is 0 Å². The van der Waals surface area contributed by atoms with Gasteiger partial charge < -0.3 is 9.84 Å². The quantitative estimate of drug-likeness (QED) is 0.915. The van der Waals surface area contributed by atoms with Gasteiger partial charge in [-0.15, -0.1) is 0 Å². The number of hydrogen-bond donors (Lipinski definition) is 1. The van der Waals surface area contributed by atoms with Gasteiger partial charge >= 0.3 is 0 Å². The SMILES string of the molecule is CC(=O)CC(C)(C)O.c1ccc(Oc2ccccc2)cc1. The Balaban J connectivity index is 0.000000240. The molecule has 0 amide bonds. The van der Waals surface area contributed by atoms with Crippen molar-refractivity contribution in [3.05, 3.63) is 60.7 Å². The molecule has 0 heterocycles. The molecule has 21 heavy (non-hydrogen) atoms. The average Bonchev–Trinajstić information content (AvgIpc) is 2.39. The maximum atomic E-state index is 10.3. The van der Waals surface area contributed by atoms with Crippen LogP contribution in [-0.4, -0.2) is 16.5 Å². The minimum Gasteiger partial charge on any atom is -0.457 e. The van der Waals surface area contributed by atoms with E-state index in [1.165, 1.54) is 6.92 Å². The number of carbonyl (C=O) groups is 1. The summed E-state index contributed by atoms with van der Waals surface area (Å²) in [5, 5.41) is 8.97. The van der Waals surface area contributed by atoms with E-state index in [-0.39, 0.29) is 12.2 Å². The number of carbonyl (C=O) groups excluding carboxylic acids is 1. The lowest BCUT2D eigenvalue weighted by atomic mass is 10.0. The molecule has 0 aliphatic rings. The Morgan fingerprint density at radius 1 is 0.952 bits per heavy atom. The first-order chi connectivity index (χ1) is 9.87. The van der Waals surface area contributed by atoms with Gasteiger partial charge in [-0.25, -0.2) is 0 Å². The smallest absolute Gasteiger partial charge is 0.132 e. The summed E-state index contributed by atoms with van der Waals surface area (Å²) in [7, 11) is 0. The van der Waals surface area contributed by atoms with Crippen LogP contribution in [0.1, 0.15) is 27.2 Å². The first kappa shape index (κ1) is 16.9. The lowest BCUT2D eigenvalue weighted by molar-refractivity contribution is -0.120. The highest BCUT2D eigenvalue weighted by atomic mass is 16.5. The second kappa shape index (κ2) is 8.22. The normalized spacial score (nSPS) is 10.3. The maximum Gasteiger partial charge on any atom is 0.132 e. The summed E-state index contributed by atoms with van der Waals surface area (Å²) in [6.07, 6.45) is 0.243. The average molecular weight is 286 g/mol. The fourth-order valence-corrected chi connectivity index (χ4v) is 1.72. The molecule has 0 saturated carbocycles. The minimum absolute atomic E-state index is 0.0255. The Kier molecular flexibility index (Phi) is 6.63. The molecular formula is C18H22O3. The molecule has 2 aromatic rings. The topological polar surface area (TPSA) is 46.5 Å². The van der Waals surface area contributed by atoms with Crippen LogP contribution >= 0.6 is 0 Å². The Bertz CT molecular complexity index is 490. The van der Waals surface area contributed by atoms with Gasteiger partial charge in [-0.1, -0.05) is 36.4 Å². The van der Waals surface area contributed by atoms with E-state index in [9.17, 15) is 4.79 Å². The van der Waals surface area contributed by atoms with Gasteiger partial charge in [0.2, 0.25) is 0 Å². The number of para-hydroxylation sites is 2. The molecule has 112 valence electrons. The van der Waals surface area contributed by atoms with Crippen LogP contribution in [0.5, 0.6) is 11.5 Å². The molecule has 3 nitrogen and oxygen atoms in total. The van der Waals surface area contributed by atoms with Crippen LogP contribution in [0.4, 0.5) is 0 Å². The zero-order valence-corrected chi connectivity index (χ0v) is 12.7. The van der Waals surface area contributed by atoms with Gasteiger partial charge in [-0.05, 0) is 45.0 Å². The molecule has 0 bridgehead atoms. The van der Waals surface area contributed by atoms with Crippen molar-refractivity contribution in [2.24, 2.45) is 0 Å². The van der Waals surface area contributed by atoms with Crippen molar-refractivity contribution in [2.45, 2.75) is 32.8 Å². The number of Topliss-reactive ketones (excluding diaryl/α,β-unsaturated/α-hetero) is 1. The summed E-state index contributed by atoms with van der Waals surface area (Å²) in [5.41, 5.74) is -0.828. The first-order valence-electron chi connectivity index (χ1n) is 6.86. The number of rotatable bonds is 4. The summed E-state index contributed by atoms with van der Waals surface area (Å²) >= 11 is 0. The van der Waals surface area contributed by atoms with Gasteiger partial charge in [0.15, 0.2) is 0 Å². The third-order valence-corrected chi connectivity index (χ3v) is 2.40. The Hall–Kier alpha value is -2.13. The van der Waals surface area contributed by atoms with Gasteiger partial charge in [-0.3, -0.25) is 4.79 Å². The largest absolute Gasteiger partial charge is 0.457 e. The van der Waals surface area contributed by atoms with Crippen molar-refractivity contribution in [2.75, 3.05) is 0 Å². The second-order valence-electron chi connectivity index (χ2n) is 5.42. The number of benzene rings is 2. The van der Waals surface area contributed by atoms with Gasteiger partial charge in [0.25, 0.3) is 0 Å². The molecule has 0 saturated heterocycles. The van der Waals surface area contributed by atoms with Crippen molar-refractivity contribution in [1.82, 2.24) is 0 Å². The third-order valence-electron chi connectivity index (χ3n) is 2.40. The zero-order valence-electron chi connectivity index (χ0n) is 12.7. The maximum absolute atomic E-state index is 10.3. The second-order valence-corrected chi connectivity index (χ2v) is 5.42. The Morgan fingerprint density at radius 3 is 1.57 bits per heavy atom. The number of aliphatic hydroxyl groups is 1. The van der Waals surface area contributed by atoms with Crippen LogP contribution in [-0.2, 0) is 4.79 Å². The molecule has 3 heteroatoms. The van der Waals surface area contributed by atoms with Crippen LogP contribution < -0.4 is 4.74 Å². The Morgan fingerprint density at radius 2 is 1.33 bits per heavy atom. The molecule has 0 atom stereocenters. The molecule has 2 aromatic carbocycles. The predicted octanol–water partition coefficient (Wildman–Crippen LogP) is 4.22. The highest BCUT2D eigenvalue weighted by Gasteiger charge is 2.13. The van der Waals surface area contributed by atoms with E-state index in [0.29, 0.717) is 0 Å². The first-order valence-corrected chi connectivity index (χ1v) is 6.86. The fraction of sp³-hybridized carbons (Fsp3) is 0.278. The summed E-state index contributed by atoms with van der Waals surface area (Å²) < 4.78 is 5.58. The van der Waals surface area contributed by atoms with E-state index in [4.69, 9.17) is 9.84 Å². The van der Waals surface area contributed by atoms with Crippen LogP contribution in [0, 0.1) is 0 Å². The number of ether oxygens (including phenoxy) is 1. The zero-order chi connectivity index (χ0) is 15.7. The van der Waals surface area contributed by atoms with Crippen molar-refractivity contribution < 1.29 is 14.6 Å². The molecule has 0 fully saturated rings. The van der Waals surface area contributed by atoms with Crippen molar-refractivity contribution >= 4 is 5.78 Å². The standard InChI is InChI=1S/C12H10O.C6H12O2/c1-3-7-11(8-4-1)13-12-9-5-2-6-10-12;1-5(7)4-6(2,3)8/h1-10H;8H,4H2,1-3H3. The molecular weight excluding hydrogens is 264 g/mol. The van der Waals surface area contributed by atoms with Gasteiger partial charge in [0, 0.05) is 6.42 Å². The molecule has 0 unspecified atom stereocenters. The van der Waals surface area contributed by atoms with E-state index in [1.807, 2.05) is 60.7 Å². The van der Waals surface area contributed by atoms with Crippen molar-refractivity contribution in [1.29, 1.82) is 0 Å². The molecule has 0 radical (unpaired) electrons. The van der Waals surface area contributed by atoms with E-state index < -0.39 is 5.60 Å². The monoisotopic (exact) mass is 286 g/mol. The summed E-state index contributed by atoms with van der Waals surface area (Å²) in [6, 6.07) is 19.5. The fourth-order valence-electron chi connectivity index (χ4n) is 1.72. The van der Waals surface area contributed by atoms with E-state index in [0.717, 1.165) is 11.5 Å². The molecule has 0 spiro atoms. The summed E-state index contributed by atoms with van der Waals surface area (Å²) in [5.74, 6) is 1.76. The van der Waals surface area contributed by atoms with Crippen LogP contribution in [0.2, 0.25) is 0 Å². The number of ketones is 1. The van der Waals surface area contributed by atoms with Gasteiger partial charge in [-0.2, -0.15) is 0 Å². The minimum atomic E-state index is -0.828. The molecule has 1 N–H and O–H groups in total. The van der Waals surface area contributed by atoms with Crippen LogP contribution in [0.15, 0.2) is 60.7 Å². The molecule has 0 aliphatic heterocycles. The van der Waals surface area contributed by atoms with E-state index >= 15 is 0 Å². The van der Waals surface area contributed by atoms with E-state index in [1.54, 1.807) is 13.8 Å². The molecule has 2 rings (SSSR count). The molecule has 0 aromatic heterocycles. The van der Waals surface area contributed by atoms with Crippen molar-refractivity contribution in [3.8, 4) is 11.5 Å². The summed E-state index contributed by atoms with van der Waals surface area (Å²) in [6.45, 7) is 4.71. The molecule has 0 aliphatic carbocycles. The number of hydrogen-bond acceptors (Lipinski definition) is 3. The van der Waals surface area contributed by atoms with Gasteiger partial charge in [0.1, 0.15) is 17.3 Å². The lowest BCUT2D eigenvalue weighted by Crippen LogP contribution is -2.21. The predicted molar refractivity (Wildman–Crippen MR) is 84.6 cm³/mol. The lowest BCUT2D eigenvalue weighted by Gasteiger charge is -2.13. The summed E-state index contributed by atoms with van der Waals surface area (Å²) in [4.78, 5) is 10.3. The van der Waals surface area contributed by atoms with Crippen molar-refractivity contribution in [3.63, 3.8) is 0 Å². The Labute approximate surface area is 126 Å².